The van der Waals surface area contributed by atoms with Crippen molar-refractivity contribution >= 4 is 39.6 Å². The number of aromatic nitrogens is 4. The average molecular weight is 800 g/mol. The van der Waals surface area contributed by atoms with Crippen molar-refractivity contribution < 1.29 is 42.1 Å². The van der Waals surface area contributed by atoms with E-state index in [-0.39, 0.29) is 66.0 Å². The van der Waals surface area contributed by atoms with Gasteiger partial charge in [0.05, 0.1) is 30.3 Å². The molecular weight excluding hydrogens is 752 g/mol. The third-order valence-electron chi connectivity index (χ3n) is 12.1. The monoisotopic (exact) mass is 799 g/mol. The lowest BCUT2D eigenvalue weighted by molar-refractivity contribution is -0.0150. The maximum absolute atomic E-state index is 15.3. The zero-order chi connectivity index (χ0) is 40.5. The number of nitrogens with zero attached hydrogens (tertiary/aromatic N) is 7. The maximum atomic E-state index is 15.3. The Morgan fingerprint density at radius 3 is 2.62 bits per heavy atom. The van der Waals surface area contributed by atoms with Crippen molar-refractivity contribution in [1.82, 2.24) is 29.3 Å². The van der Waals surface area contributed by atoms with Gasteiger partial charge in [0, 0.05) is 43.6 Å². The molecule has 4 aromatic rings. The number of hydrogen-bond acceptors (Lipinski definition) is 12. The van der Waals surface area contributed by atoms with E-state index < -0.39 is 41.2 Å². The van der Waals surface area contributed by atoms with Crippen LogP contribution in [-0.2, 0) is 14.2 Å². The normalized spacial score (nSPS) is 24.6. The third kappa shape index (κ3) is 6.66. The molecule has 2 aromatic carbocycles. The van der Waals surface area contributed by atoms with E-state index in [1.54, 1.807) is 17.0 Å². The molecule has 0 spiro atoms. The second-order valence-corrected chi connectivity index (χ2v) is 17.0. The van der Waals surface area contributed by atoms with Gasteiger partial charge in [-0.25, -0.2) is 18.6 Å². The zero-order valence-corrected chi connectivity index (χ0v) is 33.1. The number of hydrogen-bond donors (Lipinski definition) is 0. The molecule has 4 saturated heterocycles. The fourth-order valence-corrected chi connectivity index (χ4v) is 9.29. The summed E-state index contributed by atoms with van der Waals surface area (Å²) in [6.07, 6.45) is 8.41. The van der Waals surface area contributed by atoms with Gasteiger partial charge in [-0.05, 0) is 83.0 Å². The SMILES string of the molecule is C#Cc1c(F)ccc2cc(OCOC)cc(C(=O)c3nc4nc(OC[C@@]56CCCN5C[C@H](F)C6)nc(N5CC6COC(C5)N6C(=O)OC(C)(C)C)c4n3C3CCC3)c12. The smallest absolute Gasteiger partial charge is 0.412 e. The van der Waals surface area contributed by atoms with Gasteiger partial charge in [0.15, 0.2) is 30.3 Å². The minimum atomic E-state index is -0.940. The molecule has 14 nitrogen and oxygen atoms in total. The molecule has 0 N–H and O–H groups in total. The molecule has 1 aliphatic carbocycles. The van der Waals surface area contributed by atoms with Crippen LogP contribution in [0, 0.1) is 18.2 Å². The Balaban J connectivity index is 1.18. The van der Waals surface area contributed by atoms with Crippen LogP contribution >= 0.6 is 0 Å². The summed E-state index contributed by atoms with van der Waals surface area (Å²) in [5.41, 5.74) is -0.346. The molecule has 0 radical (unpaired) electrons. The Kier molecular flexibility index (Phi) is 9.68. The van der Waals surface area contributed by atoms with Crippen LogP contribution in [0.15, 0.2) is 24.3 Å². The van der Waals surface area contributed by atoms with E-state index in [0.29, 0.717) is 48.6 Å². The Bertz CT molecular complexity index is 2320. The third-order valence-corrected chi connectivity index (χ3v) is 12.1. The van der Waals surface area contributed by atoms with Crippen molar-refractivity contribution in [3.05, 3.63) is 47.0 Å². The van der Waals surface area contributed by atoms with Crippen LogP contribution in [0.5, 0.6) is 11.8 Å². The number of terminal acetylenes is 1. The number of anilines is 1. The molecule has 2 unspecified atom stereocenters. The van der Waals surface area contributed by atoms with Crippen molar-refractivity contribution in [2.45, 2.75) is 94.9 Å². The highest BCUT2D eigenvalue weighted by atomic mass is 19.1. The molecular formula is C42H47F2N7O7. The molecule has 4 aliphatic heterocycles. The Hall–Kier alpha value is -5.11. The molecule has 1 amide bonds. The van der Waals surface area contributed by atoms with Gasteiger partial charge in [-0.3, -0.25) is 14.6 Å². The van der Waals surface area contributed by atoms with Gasteiger partial charge in [0.25, 0.3) is 0 Å². The van der Waals surface area contributed by atoms with E-state index in [9.17, 15) is 9.18 Å². The number of imidazole rings is 1. The first-order valence-electron chi connectivity index (χ1n) is 20.0. The lowest BCUT2D eigenvalue weighted by Gasteiger charge is -2.40. The first-order valence-corrected chi connectivity index (χ1v) is 20.0. The van der Waals surface area contributed by atoms with Gasteiger partial charge < -0.3 is 33.2 Å². The van der Waals surface area contributed by atoms with Crippen LogP contribution in [0.2, 0.25) is 0 Å². The molecule has 306 valence electrons. The van der Waals surface area contributed by atoms with Gasteiger partial charge in [0.1, 0.15) is 35.5 Å². The molecule has 6 heterocycles. The standard InChI is InChI=1S/C42H47F2N7O7/c1-6-29-31(44)12-11-24-15-28(57-23-54-5)16-30(33(24)29)35(52)38-45-36-34(51(38)26-9-7-10-26)37(47-39(46-36)56-22-42-13-8-14-49(42)18-25(43)17-42)48-19-27-21-55-32(20-48)50(27)40(53)58-41(2,3)4/h1,11-12,15-16,25-27,32H,7-10,13-14,17-23H2,2-5H3/t25-,27?,32?,42+/m1/s1. The predicted molar refractivity (Wildman–Crippen MR) is 208 cm³/mol. The highest BCUT2D eigenvalue weighted by Gasteiger charge is 2.50. The Labute approximate surface area is 334 Å². The minimum Gasteiger partial charge on any atom is -0.468 e. The van der Waals surface area contributed by atoms with Crippen LogP contribution in [0.3, 0.4) is 0 Å². The van der Waals surface area contributed by atoms with Crippen molar-refractivity contribution in [2.24, 2.45) is 0 Å². The average Bonchev–Trinajstić information content (AvgIpc) is 3.89. The van der Waals surface area contributed by atoms with Crippen LogP contribution < -0.4 is 14.4 Å². The van der Waals surface area contributed by atoms with Crippen molar-refractivity contribution in [3.8, 4) is 24.1 Å². The lowest BCUT2D eigenvalue weighted by atomic mass is 9.91. The highest BCUT2D eigenvalue weighted by Crippen LogP contribution is 2.43. The Morgan fingerprint density at radius 1 is 1.07 bits per heavy atom. The maximum Gasteiger partial charge on any atom is 0.412 e. The molecule has 2 aromatic heterocycles. The van der Waals surface area contributed by atoms with Crippen molar-refractivity contribution in [2.75, 3.05) is 58.2 Å². The summed E-state index contributed by atoms with van der Waals surface area (Å²) in [5.74, 6) is 2.17. The Morgan fingerprint density at radius 2 is 1.90 bits per heavy atom. The molecule has 4 atom stereocenters. The van der Waals surface area contributed by atoms with Gasteiger partial charge >= 0.3 is 12.1 Å². The number of carbonyl (C=O) groups excluding carboxylic acids is 2. The summed E-state index contributed by atoms with van der Waals surface area (Å²) in [6, 6.07) is 5.60. The fourth-order valence-electron chi connectivity index (χ4n) is 9.29. The molecule has 58 heavy (non-hydrogen) atoms. The number of ketones is 1. The summed E-state index contributed by atoms with van der Waals surface area (Å²) in [6.45, 7) is 7.63. The van der Waals surface area contributed by atoms with E-state index in [2.05, 4.69) is 10.8 Å². The van der Waals surface area contributed by atoms with E-state index in [1.165, 1.54) is 19.2 Å². The number of ether oxygens (including phenoxy) is 5. The summed E-state index contributed by atoms with van der Waals surface area (Å²) < 4.78 is 61.2. The van der Waals surface area contributed by atoms with E-state index in [4.69, 9.17) is 45.1 Å². The zero-order valence-electron chi connectivity index (χ0n) is 33.1. The summed E-state index contributed by atoms with van der Waals surface area (Å²) in [4.78, 5) is 49.1. The number of piperazine rings is 1. The van der Waals surface area contributed by atoms with Crippen molar-refractivity contribution in [3.63, 3.8) is 0 Å². The largest absolute Gasteiger partial charge is 0.468 e. The van der Waals surface area contributed by atoms with E-state index in [0.717, 1.165) is 38.6 Å². The minimum absolute atomic E-state index is 0.0447. The van der Waals surface area contributed by atoms with E-state index >= 15 is 9.18 Å². The molecule has 16 heteroatoms. The van der Waals surface area contributed by atoms with Gasteiger partial charge in [-0.15, -0.1) is 6.42 Å². The summed E-state index contributed by atoms with van der Waals surface area (Å²) >= 11 is 0. The number of fused-ring (bicyclic) bond motifs is 5. The summed E-state index contributed by atoms with van der Waals surface area (Å²) in [7, 11) is 1.49. The van der Waals surface area contributed by atoms with Crippen LogP contribution in [-0.4, -0.2) is 124 Å². The van der Waals surface area contributed by atoms with E-state index in [1.807, 2.05) is 30.2 Å². The number of benzene rings is 2. The van der Waals surface area contributed by atoms with Crippen LogP contribution in [0.4, 0.5) is 19.4 Å². The van der Waals surface area contributed by atoms with Gasteiger partial charge in [0.2, 0.25) is 5.78 Å². The topological polar surface area (TPSA) is 134 Å². The number of carbonyl (C=O) groups is 2. The van der Waals surface area contributed by atoms with Crippen LogP contribution in [0.25, 0.3) is 21.9 Å². The number of amides is 1. The number of halogens is 2. The summed E-state index contributed by atoms with van der Waals surface area (Å²) in [5, 5.41) is 0.768. The lowest BCUT2D eigenvalue weighted by Crippen LogP contribution is -2.57. The molecule has 9 rings (SSSR count). The fraction of sp³-hybridized carbons (Fsp3) is 0.548. The molecule has 1 saturated carbocycles. The molecule has 5 aliphatic rings. The number of alkyl halides is 1. The van der Waals surface area contributed by atoms with Gasteiger partial charge in [-0.2, -0.15) is 9.97 Å². The first-order chi connectivity index (χ1) is 27.9. The first kappa shape index (κ1) is 38.4. The number of rotatable bonds is 10. The number of methoxy groups -OCH3 is 1. The predicted octanol–water partition coefficient (Wildman–Crippen LogP) is 5.78. The second kappa shape index (κ2) is 14.6. The van der Waals surface area contributed by atoms with Gasteiger partial charge in [-0.1, -0.05) is 12.0 Å². The second-order valence-electron chi connectivity index (χ2n) is 17.0. The highest BCUT2D eigenvalue weighted by molar-refractivity contribution is 6.17. The van der Waals surface area contributed by atoms with Crippen molar-refractivity contribution in [1.29, 1.82) is 0 Å². The molecule has 5 fully saturated rings. The quantitative estimate of drug-likeness (QED) is 0.110. The van der Waals surface area contributed by atoms with Crippen LogP contribution in [0.1, 0.15) is 87.1 Å². The molecule has 2 bridgehead atoms.